The lowest BCUT2D eigenvalue weighted by Crippen LogP contribution is -2.28. The van der Waals surface area contributed by atoms with E-state index in [-0.39, 0.29) is 5.69 Å². The topological polar surface area (TPSA) is 64.2 Å². The number of rotatable bonds is 4. The molecule has 6 heteroatoms. The Morgan fingerprint density at radius 2 is 2.38 bits per heavy atom. The second kappa shape index (κ2) is 3.71. The maximum Gasteiger partial charge on any atom is 0.350 e. The highest BCUT2D eigenvalue weighted by molar-refractivity contribution is 5.31. The maximum absolute atomic E-state index is 11.8. The van der Waals surface area contributed by atoms with Gasteiger partial charge in [-0.15, -0.1) is 5.10 Å². The Balaban J connectivity index is 1.80. The SMILES string of the molecule is O=c1n(CCNC2CC2)nc2cnccn12. The predicted molar refractivity (Wildman–Crippen MR) is 58.3 cm³/mol. The molecule has 0 unspecified atom stereocenters. The summed E-state index contributed by atoms with van der Waals surface area (Å²) in [6.07, 6.45) is 7.32. The van der Waals surface area contributed by atoms with Gasteiger partial charge in [0.15, 0.2) is 5.65 Å². The van der Waals surface area contributed by atoms with Crippen LogP contribution >= 0.6 is 0 Å². The molecule has 0 saturated heterocycles. The number of fused-ring (bicyclic) bond motifs is 1. The molecule has 0 amide bonds. The largest absolute Gasteiger partial charge is 0.350 e. The molecule has 0 spiro atoms. The molecule has 2 aromatic heterocycles. The molecule has 0 aromatic carbocycles. The molecule has 3 rings (SSSR count). The number of hydrogen-bond acceptors (Lipinski definition) is 4. The van der Waals surface area contributed by atoms with Gasteiger partial charge in [0.2, 0.25) is 0 Å². The van der Waals surface area contributed by atoms with Gasteiger partial charge in [-0.25, -0.2) is 13.9 Å². The van der Waals surface area contributed by atoms with Crippen LogP contribution in [0, 0.1) is 0 Å². The highest BCUT2D eigenvalue weighted by Gasteiger charge is 2.19. The number of aromatic nitrogens is 4. The van der Waals surface area contributed by atoms with Crippen molar-refractivity contribution in [2.45, 2.75) is 25.4 Å². The van der Waals surface area contributed by atoms with Crippen molar-refractivity contribution >= 4 is 5.65 Å². The quantitative estimate of drug-likeness (QED) is 0.763. The number of nitrogens with one attached hydrogen (secondary N) is 1. The monoisotopic (exact) mass is 219 g/mol. The summed E-state index contributed by atoms with van der Waals surface area (Å²) in [5.74, 6) is 0. The smallest absolute Gasteiger partial charge is 0.312 e. The summed E-state index contributed by atoms with van der Waals surface area (Å²) in [7, 11) is 0. The minimum absolute atomic E-state index is 0.102. The van der Waals surface area contributed by atoms with Crippen LogP contribution in [0.2, 0.25) is 0 Å². The molecule has 84 valence electrons. The first-order valence-electron chi connectivity index (χ1n) is 5.47. The average Bonchev–Trinajstić information content (AvgIpc) is 3.06. The zero-order valence-electron chi connectivity index (χ0n) is 8.83. The van der Waals surface area contributed by atoms with E-state index in [9.17, 15) is 4.79 Å². The summed E-state index contributed by atoms with van der Waals surface area (Å²) in [6.45, 7) is 1.40. The van der Waals surface area contributed by atoms with Crippen LogP contribution in [0.1, 0.15) is 12.8 Å². The fraction of sp³-hybridized carbons (Fsp3) is 0.500. The molecule has 2 aromatic rings. The number of hydrogen-bond donors (Lipinski definition) is 1. The van der Waals surface area contributed by atoms with Gasteiger partial charge in [0.1, 0.15) is 0 Å². The standard InChI is InChI=1S/C10H13N5O/c16-10-14-5-3-11-7-9(14)13-15(10)6-4-12-8-1-2-8/h3,5,7-8,12H,1-2,4,6H2. The van der Waals surface area contributed by atoms with Gasteiger partial charge < -0.3 is 5.32 Å². The summed E-state index contributed by atoms with van der Waals surface area (Å²) in [6, 6.07) is 0.661. The van der Waals surface area contributed by atoms with Crippen LogP contribution in [0.5, 0.6) is 0 Å². The fourth-order valence-electron chi connectivity index (χ4n) is 1.69. The van der Waals surface area contributed by atoms with Gasteiger partial charge in [-0.05, 0) is 12.8 Å². The highest BCUT2D eigenvalue weighted by Crippen LogP contribution is 2.17. The first-order valence-corrected chi connectivity index (χ1v) is 5.47. The molecule has 1 saturated carbocycles. The van der Waals surface area contributed by atoms with Crippen molar-refractivity contribution in [3.8, 4) is 0 Å². The number of nitrogens with zero attached hydrogens (tertiary/aromatic N) is 4. The van der Waals surface area contributed by atoms with Crippen LogP contribution in [0.25, 0.3) is 5.65 Å². The van der Waals surface area contributed by atoms with Crippen LogP contribution in [0.15, 0.2) is 23.4 Å². The van der Waals surface area contributed by atoms with Crippen molar-refractivity contribution in [2.24, 2.45) is 0 Å². The normalized spacial score (nSPS) is 15.8. The van der Waals surface area contributed by atoms with Gasteiger partial charge in [0, 0.05) is 25.0 Å². The van der Waals surface area contributed by atoms with E-state index in [4.69, 9.17) is 0 Å². The molecule has 0 bridgehead atoms. The molecule has 0 atom stereocenters. The van der Waals surface area contributed by atoms with Gasteiger partial charge >= 0.3 is 5.69 Å². The zero-order valence-corrected chi connectivity index (χ0v) is 8.83. The van der Waals surface area contributed by atoms with E-state index in [0.717, 1.165) is 6.54 Å². The van der Waals surface area contributed by atoms with Crippen molar-refractivity contribution < 1.29 is 0 Å². The van der Waals surface area contributed by atoms with Gasteiger partial charge in [0.05, 0.1) is 12.7 Å². The third-order valence-electron chi connectivity index (χ3n) is 2.72. The highest BCUT2D eigenvalue weighted by atomic mass is 16.2. The van der Waals surface area contributed by atoms with Crippen LogP contribution in [0.3, 0.4) is 0 Å². The van der Waals surface area contributed by atoms with Crippen molar-refractivity contribution in [1.29, 1.82) is 0 Å². The van der Waals surface area contributed by atoms with E-state index in [1.165, 1.54) is 21.9 Å². The molecular formula is C10H13N5O. The van der Waals surface area contributed by atoms with E-state index >= 15 is 0 Å². The Morgan fingerprint density at radius 1 is 1.50 bits per heavy atom. The van der Waals surface area contributed by atoms with Gasteiger partial charge in [0.25, 0.3) is 0 Å². The van der Waals surface area contributed by atoms with Crippen LogP contribution in [-0.2, 0) is 6.54 Å². The van der Waals surface area contributed by atoms with E-state index in [1.807, 2.05) is 0 Å². The van der Waals surface area contributed by atoms with E-state index in [1.54, 1.807) is 18.6 Å². The summed E-state index contributed by atoms with van der Waals surface area (Å²) in [4.78, 5) is 15.8. The molecule has 16 heavy (non-hydrogen) atoms. The third kappa shape index (κ3) is 1.71. The van der Waals surface area contributed by atoms with E-state index in [2.05, 4.69) is 15.4 Å². The van der Waals surface area contributed by atoms with Crippen LogP contribution in [-0.4, -0.2) is 31.8 Å². The van der Waals surface area contributed by atoms with Crippen LogP contribution < -0.4 is 11.0 Å². The maximum atomic E-state index is 11.8. The van der Waals surface area contributed by atoms with Crippen molar-refractivity contribution in [3.63, 3.8) is 0 Å². The second-order valence-corrected chi connectivity index (χ2v) is 4.04. The first kappa shape index (κ1) is 9.53. The molecule has 1 fully saturated rings. The summed E-state index contributed by atoms with van der Waals surface area (Å²) in [5.41, 5.74) is 0.494. The minimum atomic E-state index is -0.102. The lowest BCUT2D eigenvalue weighted by molar-refractivity contribution is 0.539. The van der Waals surface area contributed by atoms with Crippen molar-refractivity contribution in [1.82, 2.24) is 24.5 Å². The summed E-state index contributed by atoms with van der Waals surface area (Å²) in [5, 5.41) is 7.55. The molecule has 1 aliphatic rings. The molecular weight excluding hydrogens is 206 g/mol. The fourth-order valence-corrected chi connectivity index (χ4v) is 1.69. The molecule has 0 radical (unpaired) electrons. The predicted octanol–water partition coefficient (Wildman–Crippen LogP) is -0.357. The second-order valence-electron chi connectivity index (χ2n) is 4.04. The average molecular weight is 219 g/mol. The van der Waals surface area contributed by atoms with Crippen LogP contribution in [0.4, 0.5) is 0 Å². The minimum Gasteiger partial charge on any atom is -0.312 e. The molecule has 2 heterocycles. The lowest BCUT2D eigenvalue weighted by Gasteiger charge is -2.00. The lowest BCUT2D eigenvalue weighted by atomic mass is 10.6. The van der Waals surface area contributed by atoms with Crippen molar-refractivity contribution in [2.75, 3.05) is 6.54 Å². The van der Waals surface area contributed by atoms with E-state index < -0.39 is 0 Å². The van der Waals surface area contributed by atoms with E-state index in [0.29, 0.717) is 18.2 Å². The Kier molecular flexibility index (Phi) is 2.21. The molecule has 1 N–H and O–H groups in total. The summed E-state index contributed by atoms with van der Waals surface area (Å²) >= 11 is 0. The molecule has 6 nitrogen and oxygen atoms in total. The van der Waals surface area contributed by atoms with Gasteiger partial charge in [-0.3, -0.25) is 4.98 Å². The van der Waals surface area contributed by atoms with Gasteiger partial charge in [-0.2, -0.15) is 0 Å². The molecule has 1 aliphatic carbocycles. The Bertz CT molecular complexity index is 554. The zero-order chi connectivity index (χ0) is 11.0. The molecule has 0 aliphatic heterocycles. The van der Waals surface area contributed by atoms with Crippen molar-refractivity contribution in [3.05, 3.63) is 29.1 Å². The van der Waals surface area contributed by atoms with Gasteiger partial charge in [-0.1, -0.05) is 0 Å². The summed E-state index contributed by atoms with van der Waals surface area (Å²) < 4.78 is 2.98. The first-order chi connectivity index (χ1) is 7.84. The Hall–Kier alpha value is -1.69. The Labute approximate surface area is 91.9 Å². The third-order valence-corrected chi connectivity index (χ3v) is 2.72. The Morgan fingerprint density at radius 3 is 3.12 bits per heavy atom.